The second kappa shape index (κ2) is 9.09. The molecule has 1 aromatic carbocycles. The number of hydrogen-bond donors (Lipinski definition) is 1. The third-order valence-corrected chi connectivity index (χ3v) is 5.83. The van der Waals surface area contributed by atoms with Crippen molar-refractivity contribution in [1.29, 1.82) is 0 Å². The molecule has 0 heterocycles. The van der Waals surface area contributed by atoms with Crippen molar-refractivity contribution in [3.05, 3.63) is 29.8 Å². The van der Waals surface area contributed by atoms with Crippen molar-refractivity contribution in [2.45, 2.75) is 64.6 Å². The van der Waals surface area contributed by atoms with E-state index in [2.05, 4.69) is 6.07 Å². The molecule has 2 unspecified atom stereocenters. The number of rotatable bonds is 5. The number of carbonyl (C=O) groups excluding carboxylic acids is 1. The standard InChI is InChI=1S/C21H32N2O2.ClH/c1-14(2)25-19-9-4-6-15(10-19)13-23(3)21(24)18-11-16-7-5-8-17(12-18)20(16)22;/h4,6,9-10,14,16-18,20H,5,7-8,11-13,22H2,1-3H3;1H. The van der Waals surface area contributed by atoms with Gasteiger partial charge in [0.25, 0.3) is 0 Å². The van der Waals surface area contributed by atoms with Crippen LogP contribution in [0.1, 0.15) is 51.5 Å². The lowest BCUT2D eigenvalue weighted by molar-refractivity contribution is -0.137. The van der Waals surface area contributed by atoms with Gasteiger partial charge in [0.15, 0.2) is 0 Å². The summed E-state index contributed by atoms with van der Waals surface area (Å²) in [5.74, 6) is 2.37. The van der Waals surface area contributed by atoms with Crippen LogP contribution in [-0.4, -0.2) is 30.0 Å². The van der Waals surface area contributed by atoms with Crippen LogP contribution < -0.4 is 10.5 Å². The van der Waals surface area contributed by atoms with Gasteiger partial charge in [0.1, 0.15) is 5.75 Å². The summed E-state index contributed by atoms with van der Waals surface area (Å²) in [5.41, 5.74) is 7.48. The average molecular weight is 381 g/mol. The number of ether oxygens (including phenoxy) is 1. The van der Waals surface area contributed by atoms with Crippen LogP contribution in [0.15, 0.2) is 24.3 Å². The lowest BCUT2D eigenvalue weighted by atomic mass is 9.65. The second-order valence-electron chi connectivity index (χ2n) is 8.21. The average Bonchev–Trinajstić information content (AvgIpc) is 2.53. The van der Waals surface area contributed by atoms with Gasteiger partial charge in [0.2, 0.25) is 5.91 Å². The Bertz CT molecular complexity index is 593. The summed E-state index contributed by atoms with van der Waals surface area (Å²) in [7, 11) is 1.92. The smallest absolute Gasteiger partial charge is 0.225 e. The number of benzene rings is 1. The minimum Gasteiger partial charge on any atom is -0.491 e. The van der Waals surface area contributed by atoms with E-state index in [0.717, 1.165) is 24.2 Å². The molecule has 2 saturated carbocycles. The van der Waals surface area contributed by atoms with Crippen molar-refractivity contribution < 1.29 is 9.53 Å². The molecule has 2 atom stereocenters. The zero-order valence-corrected chi connectivity index (χ0v) is 17.0. The minimum atomic E-state index is 0. The molecule has 4 nitrogen and oxygen atoms in total. The van der Waals surface area contributed by atoms with Crippen LogP contribution in [0.25, 0.3) is 0 Å². The number of nitrogens with zero attached hydrogens (tertiary/aromatic N) is 1. The number of halogens is 1. The molecule has 2 aliphatic rings. The molecule has 0 aromatic heterocycles. The molecule has 0 spiro atoms. The predicted octanol–water partition coefficient (Wildman–Crippen LogP) is 4.01. The molecule has 3 rings (SSSR count). The van der Waals surface area contributed by atoms with E-state index in [4.69, 9.17) is 10.5 Å². The molecule has 0 aliphatic heterocycles. The fourth-order valence-corrected chi connectivity index (χ4v) is 4.64. The van der Waals surface area contributed by atoms with E-state index in [9.17, 15) is 4.79 Å². The van der Waals surface area contributed by atoms with Gasteiger partial charge in [-0.05, 0) is 69.1 Å². The quantitative estimate of drug-likeness (QED) is 0.839. The first kappa shape index (κ1) is 21.0. The Balaban J connectivity index is 0.00000243. The highest BCUT2D eigenvalue weighted by Crippen LogP contribution is 2.42. The lowest BCUT2D eigenvalue weighted by Crippen LogP contribution is -2.49. The first-order valence-corrected chi connectivity index (χ1v) is 9.70. The Morgan fingerprint density at radius 1 is 1.27 bits per heavy atom. The normalized spacial score (nSPS) is 27.6. The Morgan fingerprint density at radius 2 is 1.92 bits per heavy atom. The molecule has 26 heavy (non-hydrogen) atoms. The molecule has 1 amide bonds. The Labute approximate surface area is 163 Å². The van der Waals surface area contributed by atoms with Gasteiger partial charge in [0, 0.05) is 25.6 Å². The van der Waals surface area contributed by atoms with Crippen LogP contribution in [0.5, 0.6) is 5.75 Å². The largest absolute Gasteiger partial charge is 0.491 e. The van der Waals surface area contributed by atoms with Crippen LogP contribution in [0.2, 0.25) is 0 Å². The maximum atomic E-state index is 13.0. The molecule has 2 bridgehead atoms. The molecular formula is C21H33ClN2O2. The summed E-state index contributed by atoms with van der Waals surface area (Å²) in [6.07, 6.45) is 5.76. The van der Waals surface area contributed by atoms with E-state index in [-0.39, 0.29) is 30.3 Å². The van der Waals surface area contributed by atoms with Gasteiger partial charge in [-0.1, -0.05) is 18.6 Å². The minimum absolute atomic E-state index is 0. The summed E-state index contributed by atoms with van der Waals surface area (Å²) in [6, 6.07) is 8.37. The van der Waals surface area contributed by atoms with Gasteiger partial charge in [-0.25, -0.2) is 0 Å². The topological polar surface area (TPSA) is 55.6 Å². The highest BCUT2D eigenvalue weighted by molar-refractivity contribution is 5.85. The highest BCUT2D eigenvalue weighted by Gasteiger charge is 2.41. The van der Waals surface area contributed by atoms with E-state index in [1.807, 2.05) is 44.0 Å². The molecule has 0 saturated heterocycles. The summed E-state index contributed by atoms with van der Waals surface area (Å²) < 4.78 is 5.76. The molecule has 2 fully saturated rings. The third-order valence-electron chi connectivity index (χ3n) is 5.83. The molecular weight excluding hydrogens is 348 g/mol. The highest BCUT2D eigenvalue weighted by atomic mass is 35.5. The van der Waals surface area contributed by atoms with Crippen LogP contribution in [-0.2, 0) is 11.3 Å². The molecule has 2 aliphatic carbocycles. The zero-order chi connectivity index (χ0) is 18.0. The Morgan fingerprint density at radius 3 is 2.54 bits per heavy atom. The first-order valence-electron chi connectivity index (χ1n) is 9.70. The van der Waals surface area contributed by atoms with Crippen molar-refractivity contribution in [3.63, 3.8) is 0 Å². The maximum absolute atomic E-state index is 13.0. The van der Waals surface area contributed by atoms with E-state index in [0.29, 0.717) is 24.4 Å². The third kappa shape index (κ3) is 4.92. The summed E-state index contributed by atoms with van der Waals surface area (Å²) >= 11 is 0. The van der Waals surface area contributed by atoms with Gasteiger partial charge in [-0.3, -0.25) is 4.79 Å². The van der Waals surface area contributed by atoms with E-state index >= 15 is 0 Å². The van der Waals surface area contributed by atoms with Crippen LogP contribution in [0.4, 0.5) is 0 Å². The van der Waals surface area contributed by atoms with Gasteiger partial charge < -0.3 is 15.4 Å². The van der Waals surface area contributed by atoms with Gasteiger partial charge in [-0.2, -0.15) is 0 Å². The molecule has 2 N–H and O–H groups in total. The van der Waals surface area contributed by atoms with Crippen molar-refractivity contribution in [2.24, 2.45) is 23.5 Å². The van der Waals surface area contributed by atoms with Gasteiger partial charge >= 0.3 is 0 Å². The fourth-order valence-electron chi connectivity index (χ4n) is 4.64. The van der Waals surface area contributed by atoms with E-state index < -0.39 is 0 Å². The number of carbonyl (C=O) groups is 1. The number of amides is 1. The Kier molecular flexibility index (Phi) is 7.36. The fraction of sp³-hybridized carbons (Fsp3) is 0.667. The molecule has 5 heteroatoms. The molecule has 146 valence electrons. The van der Waals surface area contributed by atoms with E-state index in [1.165, 1.54) is 19.3 Å². The number of hydrogen-bond acceptors (Lipinski definition) is 3. The van der Waals surface area contributed by atoms with Crippen molar-refractivity contribution in [3.8, 4) is 5.75 Å². The maximum Gasteiger partial charge on any atom is 0.225 e. The zero-order valence-electron chi connectivity index (χ0n) is 16.2. The summed E-state index contributed by atoms with van der Waals surface area (Å²) in [6.45, 7) is 4.67. The first-order chi connectivity index (χ1) is 11.9. The monoisotopic (exact) mass is 380 g/mol. The second-order valence-corrected chi connectivity index (χ2v) is 8.21. The van der Waals surface area contributed by atoms with Crippen LogP contribution in [0, 0.1) is 17.8 Å². The lowest BCUT2D eigenvalue weighted by Gasteiger charge is -2.44. The van der Waals surface area contributed by atoms with Gasteiger partial charge in [0.05, 0.1) is 6.10 Å². The van der Waals surface area contributed by atoms with Crippen LogP contribution >= 0.6 is 12.4 Å². The SMILES string of the molecule is CC(C)Oc1cccc(CN(C)C(=O)C2CC3CCCC(C2)C3N)c1.Cl. The van der Waals surface area contributed by atoms with Crippen molar-refractivity contribution in [2.75, 3.05) is 7.05 Å². The van der Waals surface area contributed by atoms with Crippen molar-refractivity contribution in [1.82, 2.24) is 4.90 Å². The summed E-state index contributed by atoms with van der Waals surface area (Å²) in [5, 5.41) is 0. The predicted molar refractivity (Wildman–Crippen MR) is 107 cm³/mol. The van der Waals surface area contributed by atoms with Crippen LogP contribution in [0.3, 0.4) is 0 Å². The molecule has 1 aromatic rings. The van der Waals surface area contributed by atoms with E-state index in [1.54, 1.807) is 0 Å². The number of fused-ring (bicyclic) bond motifs is 2. The Hall–Kier alpha value is -1.26. The molecule has 0 radical (unpaired) electrons. The van der Waals surface area contributed by atoms with Gasteiger partial charge in [-0.15, -0.1) is 12.4 Å². The van der Waals surface area contributed by atoms with Crippen molar-refractivity contribution >= 4 is 18.3 Å². The summed E-state index contributed by atoms with van der Waals surface area (Å²) in [4.78, 5) is 14.8. The number of nitrogens with two attached hydrogens (primary N) is 1.